The third-order valence-electron chi connectivity index (χ3n) is 2.09. The van der Waals surface area contributed by atoms with Gasteiger partial charge in [0.1, 0.15) is 0 Å². The summed E-state index contributed by atoms with van der Waals surface area (Å²) in [6, 6.07) is 4.79. The Morgan fingerprint density at radius 2 is 2.06 bits per heavy atom. The minimum Gasteiger partial charge on any atom is -0.408 e. The highest BCUT2D eigenvalue weighted by Crippen LogP contribution is 2.32. The highest BCUT2D eigenvalue weighted by molar-refractivity contribution is 6.36. The van der Waals surface area contributed by atoms with Crippen LogP contribution in [0.15, 0.2) is 23.4 Å². The number of rotatable bonds is 3. The van der Waals surface area contributed by atoms with Crippen LogP contribution in [-0.2, 0) is 9.53 Å². The Morgan fingerprint density at radius 1 is 1.50 bits per heavy atom. The number of nitrogens with two attached hydrogens (primary N) is 1. The zero-order valence-corrected chi connectivity index (χ0v) is 10.9. The number of methoxy groups -OCH3 is 1. The summed E-state index contributed by atoms with van der Waals surface area (Å²) >= 11 is 11.9. The molecule has 0 heterocycles. The van der Waals surface area contributed by atoms with Crippen LogP contribution in [-0.4, -0.2) is 24.2 Å². The molecule has 0 aromatic heterocycles. The number of ether oxygens (including phenoxy) is 1. The molecule has 1 amide bonds. The number of halogens is 2. The molecular formula is C10H11Cl2N3O3. The van der Waals surface area contributed by atoms with Gasteiger partial charge in [-0.3, -0.25) is 10.1 Å². The van der Waals surface area contributed by atoms with Crippen LogP contribution in [0.25, 0.3) is 0 Å². The summed E-state index contributed by atoms with van der Waals surface area (Å²) in [6.07, 6.45) is -1.06. The van der Waals surface area contributed by atoms with Crippen LogP contribution in [0.4, 0.5) is 0 Å². The lowest BCUT2D eigenvalue weighted by atomic mass is 10.1. The zero-order chi connectivity index (χ0) is 13.7. The van der Waals surface area contributed by atoms with Gasteiger partial charge in [0.2, 0.25) is 5.96 Å². The molecule has 18 heavy (non-hydrogen) atoms. The number of nitrogens with one attached hydrogen (secondary N) is 1. The Morgan fingerprint density at radius 3 is 2.50 bits per heavy atom. The molecule has 4 N–H and O–H groups in total. The second-order valence-electron chi connectivity index (χ2n) is 3.23. The lowest BCUT2D eigenvalue weighted by Gasteiger charge is -2.17. The summed E-state index contributed by atoms with van der Waals surface area (Å²) in [6.45, 7) is 0. The molecule has 0 radical (unpaired) electrons. The van der Waals surface area contributed by atoms with Crippen LogP contribution in [0.3, 0.4) is 0 Å². The molecule has 1 aromatic rings. The van der Waals surface area contributed by atoms with Gasteiger partial charge in [0.25, 0.3) is 5.91 Å². The van der Waals surface area contributed by atoms with Crippen LogP contribution >= 0.6 is 23.2 Å². The number of hydrogen-bond acceptors (Lipinski definition) is 4. The van der Waals surface area contributed by atoms with E-state index in [0.717, 1.165) is 0 Å². The van der Waals surface area contributed by atoms with E-state index in [-0.39, 0.29) is 10.0 Å². The van der Waals surface area contributed by atoms with Gasteiger partial charge in [0, 0.05) is 22.7 Å². The van der Waals surface area contributed by atoms with Crippen molar-refractivity contribution in [3.8, 4) is 0 Å². The molecule has 1 atom stereocenters. The van der Waals surface area contributed by atoms with Gasteiger partial charge in [-0.2, -0.15) is 0 Å². The van der Waals surface area contributed by atoms with Gasteiger partial charge in [-0.05, 0) is 12.1 Å². The van der Waals surface area contributed by atoms with E-state index in [4.69, 9.17) is 38.9 Å². The number of benzene rings is 1. The van der Waals surface area contributed by atoms with Crippen molar-refractivity contribution >= 4 is 35.1 Å². The third-order valence-corrected chi connectivity index (χ3v) is 2.75. The first-order valence-electron chi connectivity index (χ1n) is 4.76. The van der Waals surface area contributed by atoms with Gasteiger partial charge in [0.05, 0.1) is 0 Å². The first kappa shape index (κ1) is 14.6. The number of oxime groups is 1. The lowest BCUT2D eigenvalue weighted by Crippen LogP contribution is -2.40. The van der Waals surface area contributed by atoms with Crippen molar-refractivity contribution in [2.45, 2.75) is 6.10 Å². The van der Waals surface area contributed by atoms with Gasteiger partial charge in [-0.1, -0.05) is 34.4 Å². The van der Waals surface area contributed by atoms with Crippen LogP contribution in [0.2, 0.25) is 10.0 Å². The minimum atomic E-state index is -1.06. The second kappa shape index (κ2) is 6.44. The fraction of sp³-hybridized carbons (Fsp3) is 0.200. The van der Waals surface area contributed by atoms with E-state index in [1.165, 1.54) is 7.11 Å². The summed E-state index contributed by atoms with van der Waals surface area (Å²) in [7, 11) is 1.32. The van der Waals surface area contributed by atoms with Gasteiger partial charge >= 0.3 is 0 Å². The number of amides is 1. The highest BCUT2D eigenvalue weighted by Gasteiger charge is 2.25. The van der Waals surface area contributed by atoms with E-state index in [1.54, 1.807) is 18.2 Å². The normalized spacial score (nSPS) is 13.2. The first-order valence-corrected chi connectivity index (χ1v) is 5.52. The average molecular weight is 292 g/mol. The minimum absolute atomic E-state index is 0.281. The second-order valence-corrected chi connectivity index (χ2v) is 4.04. The molecule has 0 saturated carbocycles. The van der Waals surface area contributed by atoms with Crippen molar-refractivity contribution in [1.29, 1.82) is 0 Å². The molecule has 0 fully saturated rings. The van der Waals surface area contributed by atoms with E-state index in [0.29, 0.717) is 5.56 Å². The van der Waals surface area contributed by atoms with Crippen LogP contribution in [0.5, 0.6) is 0 Å². The first-order chi connectivity index (χ1) is 8.51. The largest absolute Gasteiger partial charge is 0.408 e. The number of hydrogen-bond donors (Lipinski definition) is 3. The molecule has 0 spiro atoms. The zero-order valence-electron chi connectivity index (χ0n) is 9.35. The average Bonchev–Trinajstić information content (AvgIpc) is 2.33. The van der Waals surface area contributed by atoms with Crippen molar-refractivity contribution in [3.63, 3.8) is 0 Å². The molecule has 0 aliphatic carbocycles. The maximum atomic E-state index is 11.8. The smallest absolute Gasteiger partial charge is 0.260 e. The monoisotopic (exact) mass is 291 g/mol. The fourth-order valence-corrected chi connectivity index (χ4v) is 1.93. The van der Waals surface area contributed by atoms with E-state index >= 15 is 0 Å². The quantitative estimate of drug-likeness (QED) is 0.340. The highest BCUT2D eigenvalue weighted by atomic mass is 35.5. The van der Waals surface area contributed by atoms with E-state index in [9.17, 15) is 4.79 Å². The topological polar surface area (TPSA) is 96.9 Å². The SMILES string of the molecule is COC(C(=O)NC(N)=NO)c1c(Cl)cccc1Cl. The summed E-state index contributed by atoms with van der Waals surface area (Å²) < 4.78 is 5.03. The number of carbonyl (C=O) groups excluding carboxylic acids is 1. The molecule has 1 aromatic carbocycles. The lowest BCUT2D eigenvalue weighted by molar-refractivity contribution is -0.129. The van der Waals surface area contributed by atoms with Gasteiger partial charge < -0.3 is 15.7 Å². The molecule has 0 saturated heterocycles. The molecule has 0 bridgehead atoms. The molecule has 98 valence electrons. The number of carbonyl (C=O) groups is 1. The molecular weight excluding hydrogens is 281 g/mol. The standard InChI is InChI=1S/C10H11Cl2N3O3/c1-18-8(9(16)14-10(13)15-17)7-5(11)3-2-4-6(7)12/h2-4,8,17H,1H3,(H3,13,14,15,16). The molecule has 0 aliphatic rings. The molecule has 1 unspecified atom stereocenters. The molecule has 8 heteroatoms. The predicted molar refractivity (Wildman–Crippen MR) is 67.8 cm³/mol. The van der Waals surface area contributed by atoms with Crippen molar-refractivity contribution in [3.05, 3.63) is 33.8 Å². The third kappa shape index (κ3) is 3.25. The van der Waals surface area contributed by atoms with Crippen LogP contribution in [0, 0.1) is 0 Å². The fourth-order valence-electron chi connectivity index (χ4n) is 1.33. The van der Waals surface area contributed by atoms with Crippen molar-refractivity contribution in [2.24, 2.45) is 10.9 Å². The summed E-state index contributed by atoms with van der Waals surface area (Å²) in [4.78, 5) is 11.8. The van der Waals surface area contributed by atoms with Gasteiger partial charge in [0.15, 0.2) is 6.10 Å². The number of nitrogens with zero attached hydrogens (tertiary/aromatic N) is 1. The van der Waals surface area contributed by atoms with Gasteiger partial charge in [-0.25, -0.2) is 0 Å². The van der Waals surface area contributed by atoms with E-state index in [2.05, 4.69) is 10.5 Å². The summed E-state index contributed by atoms with van der Waals surface area (Å²) in [5.41, 5.74) is 5.48. The van der Waals surface area contributed by atoms with Crippen LogP contribution < -0.4 is 11.1 Å². The predicted octanol–water partition coefficient (Wildman–Crippen LogP) is 1.50. The van der Waals surface area contributed by atoms with Gasteiger partial charge in [-0.15, -0.1) is 0 Å². The molecule has 1 rings (SSSR count). The summed E-state index contributed by atoms with van der Waals surface area (Å²) in [5, 5.41) is 13.7. The Hall–Kier alpha value is -1.50. The van der Waals surface area contributed by atoms with Crippen LogP contribution in [0.1, 0.15) is 11.7 Å². The summed E-state index contributed by atoms with van der Waals surface area (Å²) in [5.74, 6) is -1.10. The maximum absolute atomic E-state index is 11.8. The van der Waals surface area contributed by atoms with Crippen molar-refractivity contribution in [1.82, 2.24) is 5.32 Å². The Bertz CT molecular complexity index is 459. The van der Waals surface area contributed by atoms with Crippen molar-refractivity contribution < 1.29 is 14.7 Å². The van der Waals surface area contributed by atoms with Crippen molar-refractivity contribution in [2.75, 3.05) is 7.11 Å². The Balaban J connectivity index is 3.07. The Labute approximate surface area is 113 Å². The number of guanidine groups is 1. The van der Waals surface area contributed by atoms with E-state index in [1.807, 2.05) is 0 Å². The molecule has 6 nitrogen and oxygen atoms in total. The Kier molecular flexibility index (Phi) is 5.21. The molecule has 0 aliphatic heterocycles. The maximum Gasteiger partial charge on any atom is 0.260 e. The van der Waals surface area contributed by atoms with E-state index < -0.39 is 18.0 Å².